The maximum absolute atomic E-state index is 11.1. The van der Waals surface area contributed by atoms with Crippen LogP contribution in [0.1, 0.15) is 22.8 Å². The fourth-order valence-corrected chi connectivity index (χ4v) is 3.14. The summed E-state index contributed by atoms with van der Waals surface area (Å²) in [5, 5.41) is 11.1. The van der Waals surface area contributed by atoms with Crippen molar-refractivity contribution in [3.05, 3.63) is 99.6 Å². The second-order valence-corrected chi connectivity index (χ2v) is 6.85. The van der Waals surface area contributed by atoms with Gasteiger partial charge in [0, 0.05) is 4.92 Å². The highest BCUT2D eigenvalue weighted by atomic mass is 16.7. The van der Waals surface area contributed by atoms with Gasteiger partial charge in [-0.3, -0.25) is 10.1 Å². The lowest BCUT2D eigenvalue weighted by Gasteiger charge is -2.16. The van der Waals surface area contributed by atoms with Gasteiger partial charge < -0.3 is 18.9 Å². The van der Waals surface area contributed by atoms with E-state index >= 15 is 0 Å². The van der Waals surface area contributed by atoms with E-state index in [1.54, 1.807) is 24.3 Å². The van der Waals surface area contributed by atoms with Crippen LogP contribution in [-0.2, 0) is 18.0 Å². The van der Waals surface area contributed by atoms with E-state index in [4.69, 9.17) is 18.9 Å². The Balaban J connectivity index is 1.39. The van der Waals surface area contributed by atoms with Crippen molar-refractivity contribution in [2.75, 3.05) is 13.3 Å². The Morgan fingerprint density at radius 2 is 1.67 bits per heavy atom. The molecule has 1 atom stereocenters. The minimum atomic E-state index is -0.673. The molecule has 0 bridgehead atoms. The van der Waals surface area contributed by atoms with Gasteiger partial charge in [-0.25, -0.2) is 0 Å². The summed E-state index contributed by atoms with van der Waals surface area (Å²) < 4.78 is 22.3. The molecule has 30 heavy (non-hydrogen) atoms. The summed E-state index contributed by atoms with van der Waals surface area (Å²) in [7, 11) is 0. The van der Waals surface area contributed by atoms with Crippen molar-refractivity contribution < 1.29 is 23.9 Å². The standard InChI is InChI=1S/C23H21NO6/c25-24(26)13-23(28-15-18-6-11-21-22(12-18)30-16-29-21)19-7-9-20(10-8-19)27-14-17-4-2-1-3-5-17/h1-12,23H,13-16H2. The van der Waals surface area contributed by atoms with Gasteiger partial charge in [-0.15, -0.1) is 0 Å². The van der Waals surface area contributed by atoms with Crippen LogP contribution in [0.2, 0.25) is 0 Å². The smallest absolute Gasteiger partial charge is 0.233 e. The van der Waals surface area contributed by atoms with Crippen LogP contribution in [0.25, 0.3) is 0 Å². The van der Waals surface area contributed by atoms with E-state index in [-0.39, 0.29) is 24.9 Å². The molecule has 7 nitrogen and oxygen atoms in total. The Kier molecular flexibility index (Phi) is 6.10. The van der Waals surface area contributed by atoms with Crippen LogP contribution >= 0.6 is 0 Å². The van der Waals surface area contributed by atoms with Crippen molar-refractivity contribution in [3.8, 4) is 17.2 Å². The first-order chi connectivity index (χ1) is 14.7. The molecular weight excluding hydrogens is 386 g/mol. The summed E-state index contributed by atoms with van der Waals surface area (Å²) in [4.78, 5) is 10.8. The number of rotatable bonds is 9. The molecule has 0 spiro atoms. The van der Waals surface area contributed by atoms with Crippen LogP contribution in [-0.4, -0.2) is 18.3 Å². The quantitative estimate of drug-likeness (QED) is 0.383. The predicted octanol–water partition coefficient (Wildman–Crippen LogP) is 4.53. The summed E-state index contributed by atoms with van der Waals surface area (Å²) in [6, 6.07) is 22.6. The number of fused-ring (bicyclic) bond motifs is 1. The van der Waals surface area contributed by atoms with Crippen molar-refractivity contribution >= 4 is 0 Å². The van der Waals surface area contributed by atoms with Crippen LogP contribution in [0.15, 0.2) is 72.8 Å². The Morgan fingerprint density at radius 3 is 2.43 bits per heavy atom. The molecule has 1 aliphatic rings. The molecule has 7 heteroatoms. The molecule has 0 radical (unpaired) electrons. The molecule has 1 unspecified atom stereocenters. The Labute approximate surface area is 173 Å². The largest absolute Gasteiger partial charge is 0.489 e. The third-order valence-corrected chi connectivity index (χ3v) is 4.70. The number of ether oxygens (including phenoxy) is 4. The van der Waals surface area contributed by atoms with Crippen LogP contribution in [0.4, 0.5) is 0 Å². The molecular formula is C23H21NO6. The van der Waals surface area contributed by atoms with Gasteiger partial charge in [-0.2, -0.15) is 0 Å². The molecule has 0 N–H and O–H groups in total. The van der Waals surface area contributed by atoms with Gasteiger partial charge in [0.15, 0.2) is 11.5 Å². The zero-order valence-corrected chi connectivity index (χ0v) is 16.2. The summed E-state index contributed by atoms with van der Waals surface area (Å²) >= 11 is 0. The zero-order chi connectivity index (χ0) is 20.8. The van der Waals surface area contributed by atoms with Crippen LogP contribution < -0.4 is 14.2 Å². The predicted molar refractivity (Wildman–Crippen MR) is 109 cm³/mol. The van der Waals surface area contributed by atoms with Crippen molar-refractivity contribution in [1.29, 1.82) is 0 Å². The maximum atomic E-state index is 11.1. The van der Waals surface area contributed by atoms with Crippen molar-refractivity contribution in [3.63, 3.8) is 0 Å². The van der Waals surface area contributed by atoms with Crippen molar-refractivity contribution in [1.82, 2.24) is 0 Å². The van der Waals surface area contributed by atoms with Gasteiger partial charge in [-0.05, 0) is 41.0 Å². The molecule has 0 aliphatic carbocycles. The van der Waals surface area contributed by atoms with Gasteiger partial charge in [0.25, 0.3) is 0 Å². The molecule has 1 aliphatic heterocycles. The van der Waals surface area contributed by atoms with Gasteiger partial charge >= 0.3 is 0 Å². The number of hydrogen-bond donors (Lipinski definition) is 0. The van der Waals surface area contributed by atoms with Gasteiger partial charge in [0.1, 0.15) is 18.5 Å². The Morgan fingerprint density at radius 1 is 0.900 bits per heavy atom. The van der Waals surface area contributed by atoms with E-state index in [0.29, 0.717) is 23.9 Å². The van der Waals surface area contributed by atoms with E-state index in [2.05, 4.69) is 0 Å². The first-order valence-corrected chi connectivity index (χ1v) is 9.56. The van der Waals surface area contributed by atoms with E-state index < -0.39 is 6.10 Å². The third-order valence-electron chi connectivity index (χ3n) is 4.70. The number of benzene rings is 3. The van der Waals surface area contributed by atoms with Crippen molar-refractivity contribution in [2.45, 2.75) is 19.3 Å². The van der Waals surface area contributed by atoms with E-state index in [1.165, 1.54) is 0 Å². The maximum Gasteiger partial charge on any atom is 0.233 e. The monoisotopic (exact) mass is 407 g/mol. The lowest BCUT2D eigenvalue weighted by molar-refractivity contribution is -0.493. The molecule has 0 saturated heterocycles. The first kappa shape index (κ1) is 19.7. The topological polar surface area (TPSA) is 80.1 Å². The lowest BCUT2D eigenvalue weighted by atomic mass is 10.1. The molecule has 3 aromatic rings. The Hall–Kier alpha value is -3.58. The van der Waals surface area contributed by atoms with Crippen LogP contribution in [0.3, 0.4) is 0 Å². The highest BCUT2D eigenvalue weighted by Gasteiger charge is 2.20. The van der Waals surface area contributed by atoms with Crippen molar-refractivity contribution in [2.24, 2.45) is 0 Å². The molecule has 0 aromatic heterocycles. The third kappa shape index (κ3) is 5.07. The summed E-state index contributed by atoms with van der Waals surface area (Å²) in [5.74, 6) is 2.03. The molecule has 0 amide bonds. The molecule has 0 saturated carbocycles. The Bertz CT molecular complexity index is 990. The second kappa shape index (κ2) is 9.28. The number of hydrogen-bond acceptors (Lipinski definition) is 6. The number of nitro groups is 1. The van der Waals surface area contributed by atoms with Crippen LogP contribution in [0, 0.1) is 10.1 Å². The zero-order valence-electron chi connectivity index (χ0n) is 16.2. The van der Waals surface area contributed by atoms with E-state index in [1.807, 2.05) is 48.5 Å². The van der Waals surface area contributed by atoms with Gasteiger partial charge in [-0.1, -0.05) is 48.5 Å². The molecule has 4 rings (SSSR count). The van der Waals surface area contributed by atoms with E-state index in [9.17, 15) is 10.1 Å². The minimum absolute atomic E-state index is 0.197. The highest BCUT2D eigenvalue weighted by molar-refractivity contribution is 5.44. The fourth-order valence-electron chi connectivity index (χ4n) is 3.14. The lowest BCUT2D eigenvalue weighted by Crippen LogP contribution is -2.16. The molecule has 154 valence electrons. The SMILES string of the molecule is O=[N+]([O-])CC(OCc1ccc2c(c1)OCO2)c1ccc(OCc2ccccc2)cc1. The number of nitrogens with zero attached hydrogens (tertiary/aromatic N) is 1. The second-order valence-electron chi connectivity index (χ2n) is 6.85. The average Bonchev–Trinajstić information content (AvgIpc) is 3.24. The summed E-state index contributed by atoms with van der Waals surface area (Å²) in [6.45, 7) is 0.553. The summed E-state index contributed by atoms with van der Waals surface area (Å²) in [6.07, 6.45) is -0.673. The average molecular weight is 407 g/mol. The fraction of sp³-hybridized carbons (Fsp3) is 0.217. The molecule has 3 aromatic carbocycles. The summed E-state index contributed by atoms with van der Waals surface area (Å²) in [5.41, 5.74) is 2.65. The van der Waals surface area contributed by atoms with Crippen LogP contribution in [0.5, 0.6) is 17.2 Å². The minimum Gasteiger partial charge on any atom is -0.489 e. The normalized spacial score (nSPS) is 13.1. The van der Waals surface area contributed by atoms with E-state index in [0.717, 1.165) is 16.7 Å². The van der Waals surface area contributed by atoms with Gasteiger partial charge in [0.05, 0.1) is 6.61 Å². The first-order valence-electron chi connectivity index (χ1n) is 9.56. The highest BCUT2D eigenvalue weighted by Crippen LogP contribution is 2.33. The molecule has 1 heterocycles. The van der Waals surface area contributed by atoms with Gasteiger partial charge in [0.2, 0.25) is 13.3 Å². The molecule has 0 fully saturated rings.